The van der Waals surface area contributed by atoms with Crippen molar-refractivity contribution in [3.8, 4) is 0 Å². The van der Waals surface area contributed by atoms with Gasteiger partial charge in [0.1, 0.15) is 10.1 Å². The Hall–Kier alpha value is -1.40. The molecule has 0 fully saturated rings. The first-order valence-corrected chi connectivity index (χ1v) is 6.49. The predicted molar refractivity (Wildman–Crippen MR) is 72.3 cm³/mol. The first-order valence-electron chi connectivity index (χ1n) is 5.70. The Balaban J connectivity index is 2.24. The fraction of sp³-hybridized carbons (Fsp3) is 0.250. The van der Waals surface area contributed by atoms with Crippen molar-refractivity contribution in [3.05, 3.63) is 34.3 Å². The van der Waals surface area contributed by atoms with Crippen molar-refractivity contribution in [2.75, 3.05) is 13.6 Å². The number of halogens is 2. The third-order valence-corrected chi connectivity index (χ3v) is 3.80. The lowest BCUT2D eigenvalue weighted by atomic mass is 10.3. The quantitative estimate of drug-likeness (QED) is 0.780. The smallest absolute Gasteiger partial charge is 0.213 e. The minimum absolute atomic E-state index is 0.298. The van der Waals surface area contributed by atoms with Crippen molar-refractivity contribution in [2.24, 2.45) is 0 Å². The minimum atomic E-state index is -0.298. The van der Waals surface area contributed by atoms with E-state index in [2.05, 4.69) is 31.2 Å². The molecule has 0 saturated carbocycles. The van der Waals surface area contributed by atoms with Crippen LogP contribution in [0.1, 0.15) is 5.69 Å². The Labute approximate surface area is 111 Å². The van der Waals surface area contributed by atoms with Crippen LogP contribution in [0.3, 0.4) is 0 Å². The maximum Gasteiger partial charge on any atom is 0.213 e. The van der Waals surface area contributed by atoms with Crippen LogP contribution < -0.4 is 5.32 Å². The standard InChI is InChI=1S/C12H12BrFN4/c1-15-6-5-8-11(13)18-9-4-2-3-7(14)10(9)17-12(18)16-8/h2-4,15H,5-6H2,1H3,(H,16,17). The summed E-state index contributed by atoms with van der Waals surface area (Å²) in [5, 5.41) is 3.10. The van der Waals surface area contributed by atoms with Gasteiger partial charge in [-0.15, -0.1) is 0 Å². The fourth-order valence-corrected chi connectivity index (χ4v) is 2.74. The van der Waals surface area contributed by atoms with Gasteiger partial charge in [-0.25, -0.2) is 9.37 Å². The number of aromatic nitrogens is 3. The highest BCUT2D eigenvalue weighted by atomic mass is 79.9. The highest BCUT2D eigenvalue weighted by molar-refractivity contribution is 9.10. The molecule has 0 spiro atoms. The number of para-hydroxylation sites is 1. The van der Waals surface area contributed by atoms with Gasteiger partial charge in [0.25, 0.3) is 0 Å². The molecule has 18 heavy (non-hydrogen) atoms. The lowest BCUT2D eigenvalue weighted by molar-refractivity contribution is 0.637. The van der Waals surface area contributed by atoms with Crippen LogP contribution in [-0.4, -0.2) is 28.0 Å². The van der Waals surface area contributed by atoms with Crippen LogP contribution >= 0.6 is 15.9 Å². The van der Waals surface area contributed by atoms with Crippen molar-refractivity contribution in [3.63, 3.8) is 0 Å². The summed E-state index contributed by atoms with van der Waals surface area (Å²) < 4.78 is 16.4. The molecule has 0 bridgehead atoms. The van der Waals surface area contributed by atoms with E-state index < -0.39 is 0 Å². The van der Waals surface area contributed by atoms with E-state index in [4.69, 9.17) is 0 Å². The van der Waals surface area contributed by atoms with E-state index in [1.54, 1.807) is 6.07 Å². The molecule has 0 amide bonds. The van der Waals surface area contributed by atoms with Gasteiger partial charge in [-0.3, -0.25) is 4.40 Å². The summed E-state index contributed by atoms with van der Waals surface area (Å²) in [6.07, 6.45) is 0.858. The Morgan fingerprint density at radius 1 is 1.50 bits per heavy atom. The SMILES string of the molecule is CNCCc1[nH]c2nc3c(F)cccc3n2c1Br. The molecule has 4 nitrogen and oxygen atoms in total. The van der Waals surface area contributed by atoms with E-state index in [1.807, 2.05) is 17.5 Å². The van der Waals surface area contributed by atoms with Crippen LogP contribution in [-0.2, 0) is 6.42 Å². The van der Waals surface area contributed by atoms with E-state index in [1.165, 1.54) is 6.07 Å². The molecule has 6 heteroatoms. The van der Waals surface area contributed by atoms with Gasteiger partial charge in [0.05, 0.1) is 11.2 Å². The Bertz CT molecular complexity index is 716. The van der Waals surface area contributed by atoms with Gasteiger partial charge in [-0.1, -0.05) is 6.07 Å². The van der Waals surface area contributed by atoms with Crippen molar-refractivity contribution >= 4 is 32.7 Å². The summed E-state index contributed by atoms with van der Waals surface area (Å²) in [6, 6.07) is 4.97. The number of nitrogens with zero attached hydrogens (tertiary/aromatic N) is 2. The second-order valence-electron chi connectivity index (χ2n) is 4.13. The summed E-state index contributed by atoms with van der Waals surface area (Å²) >= 11 is 3.55. The van der Waals surface area contributed by atoms with E-state index in [9.17, 15) is 4.39 Å². The summed E-state index contributed by atoms with van der Waals surface area (Å²) in [4.78, 5) is 7.50. The first kappa shape index (κ1) is 11.7. The number of hydrogen-bond acceptors (Lipinski definition) is 2. The average molecular weight is 311 g/mol. The fourth-order valence-electron chi connectivity index (χ4n) is 2.08. The molecule has 0 aliphatic rings. The molecular weight excluding hydrogens is 299 g/mol. The zero-order chi connectivity index (χ0) is 12.7. The van der Waals surface area contributed by atoms with Crippen LogP contribution in [0.5, 0.6) is 0 Å². The van der Waals surface area contributed by atoms with E-state index in [0.29, 0.717) is 11.3 Å². The maximum absolute atomic E-state index is 13.6. The van der Waals surface area contributed by atoms with Gasteiger partial charge in [0.2, 0.25) is 5.78 Å². The van der Waals surface area contributed by atoms with E-state index >= 15 is 0 Å². The van der Waals surface area contributed by atoms with Crippen molar-refractivity contribution in [2.45, 2.75) is 6.42 Å². The molecule has 0 aliphatic carbocycles. The normalized spacial score (nSPS) is 11.7. The zero-order valence-electron chi connectivity index (χ0n) is 9.80. The molecule has 2 heterocycles. The molecular formula is C12H12BrFN4. The summed E-state index contributed by atoms with van der Waals surface area (Å²) in [5.41, 5.74) is 2.21. The molecule has 0 unspecified atom stereocenters. The van der Waals surface area contributed by atoms with Crippen LogP contribution in [0, 0.1) is 5.82 Å². The first-order chi connectivity index (χ1) is 8.72. The van der Waals surface area contributed by atoms with Crippen LogP contribution in [0.4, 0.5) is 4.39 Å². The van der Waals surface area contributed by atoms with Crippen LogP contribution in [0.2, 0.25) is 0 Å². The molecule has 0 aliphatic heterocycles. The van der Waals surface area contributed by atoms with Gasteiger partial charge in [0.15, 0.2) is 5.82 Å². The highest BCUT2D eigenvalue weighted by Gasteiger charge is 2.15. The lowest BCUT2D eigenvalue weighted by Gasteiger charge is -1.98. The number of aromatic amines is 1. The number of imidazole rings is 2. The number of benzene rings is 1. The van der Waals surface area contributed by atoms with Crippen molar-refractivity contribution in [1.82, 2.24) is 19.7 Å². The van der Waals surface area contributed by atoms with Gasteiger partial charge < -0.3 is 10.3 Å². The highest BCUT2D eigenvalue weighted by Crippen LogP contribution is 2.26. The zero-order valence-corrected chi connectivity index (χ0v) is 11.4. The molecule has 2 aromatic heterocycles. The number of rotatable bonds is 3. The molecule has 3 aromatic rings. The van der Waals surface area contributed by atoms with Gasteiger partial charge >= 0.3 is 0 Å². The van der Waals surface area contributed by atoms with E-state index in [0.717, 1.165) is 28.8 Å². The number of fused-ring (bicyclic) bond motifs is 3. The third kappa shape index (κ3) is 1.64. The molecule has 0 atom stereocenters. The third-order valence-electron chi connectivity index (χ3n) is 2.97. The molecule has 2 N–H and O–H groups in total. The molecule has 0 saturated heterocycles. The van der Waals surface area contributed by atoms with E-state index in [-0.39, 0.29) is 5.82 Å². The van der Waals surface area contributed by atoms with Crippen LogP contribution in [0.25, 0.3) is 16.8 Å². The Morgan fingerprint density at radius 2 is 2.33 bits per heavy atom. The van der Waals surface area contributed by atoms with Crippen molar-refractivity contribution in [1.29, 1.82) is 0 Å². The minimum Gasteiger partial charge on any atom is -0.326 e. The number of nitrogens with one attached hydrogen (secondary N) is 2. The summed E-state index contributed by atoms with van der Waals surface area (Å²) in [5.74, 6) is 0.362. The Kier molecular flexibility index (Phi) is 2.83. The Morgan fingerprint density at radius 3 is 3.11 bits per heavy atom. The summed E-state index contributed by atoms with van der Waals surface area (Å²) in [6.45, 7) is 0.870. The second kappa shape index (κ2) is 4.37. The maximum atomic E-state index is 13.6. The molecule has 0 radical (unpaired) electrons. The average Bonchev–Trinajstić information content (AvgIpc) is 2.86. The number of likely N-dealkylation sites (N-methyl/N-ethyl adjacent to an activating group) is 1. The molecule has 94 valence electrons. The second-order valence-corrected chi connectivity index (χ2v) is 4.88. The molecule has 3 rings (SSSR count). The van der Waals surface area contributed by atoms with Gasteiger partial charge in [0, 0.05) is 13.0 Å². The van der Waals surface area contributed by atoms with Gasteiger partial charge in [-0.05, 0) is 35.1 Å². The predicted octanol–water partition coefficient (Wildman–Crippen LogP) is 2.48. The monoisotopic (exact) mass is 310 g/mol. The molecule has 1 aromatic carbocycles. The largest absolute Gasteiger partial charge is 0.326 e. The number of H-pyrrole nitrogens is 1. The topological polar surface area (TPSA) is 45.1 Å². The van der Waals surface area contributed by atoms with Gasteiger partial charge in [-0.2, -0.15) is 0 Å². The van der Waals surface area contributed by atoms with Crippen molar-refractivity contribution < 1.29 is 4.39 Å². The lowest BCUT2D eigenvalue weighted by Crippen LogP contribution is -2.10. The number of hydrogen-bond donors (Lipinski definition) is 2. The van der Waals surface area contributed by atoms with Crippen LogP contribution in [0.15, 0.2) is 22.8 Å². The summed E-state index contributed by atoms with van der Waals surface area (Å²) in [7, 11) is 1.91.